The van der Waals surface area contributed by atoms with Crippen LogP contribution in [0.4, 0.5) is 15.8 Å². The van der Waals surface area contributed by atoms with Crippen molar-refractivity contribution in [3.63, 3.8) is 0 Å². The number of nitrogens with two attached hydrogens (primary N) is 2. The zero-order chi connectivity index (χ0) is 25.8. The van der Waals surface area contributed by atoms with Crippen LogP contribution in [0.15, 0.2) is 48.5 Å². The van der Waals surface area contributed by atoms with Gasteiger partial charge in [0.2, 0.25) is 5.91 Å². The minimum absolute atomic E-state index is 0.0112. The Bertz CT molecular complexity index is 1270. The van der Waals surface area contributed by atoms with Crippen LogP contribution in [-0.4, -0.2) is 28.1 Å². The molecule has 3 aromatic rings. The summed E-state index contributed by atoms with van der Waals surface area (Å²) in [5, 5.41) is 3.10. The highest BCUT2D eigenvalue weighted by molar-refractivity contribution is 7.09. The van der Waals surface area contributed by atoms with Gasteiger partial charge in [-0.3, -0.25) is 19.3 Å². The molecule has 10 heteroatoms. The van der Waals surface area contributed by atoms with Crippen molar-refractivity contribution in [1.29, 1.82) is 0 Å². The smallest absolute Gasteiger partial charge is 0.273 e. The van der Waals surface area contributed by atoms with Crippen LogP contribution in [0.25, 0.3) is 0 Å². The first-order chi connectivity index (χ1) is 17.3. The first kappa shape index (κ1) is 25.3. The maximum atomic E-state index is 14.0. The van der Waals surface area contributed by atoms with E-state index < -0.39 is 23.7 Å². The van der Waals surface area contributed by atoms with E-state index in [1.807, 2.05) is 13.0 Å². The number of primary amides is 1. The molecule has 36 heavy (non-hydrogen) atoms. The maximum Gasteiger partial charge on any atom is 0.273 e. The standard InChI is InChI=1S/C26H28FN5O3S/c1-15-6-5-9-19(14-15)32(26(35)23-20(28)21(24(29)33)31-36-23)22(16-10-12-17(27)13-11-16)25(34)30-18-7-3-2-4-8-18/h5-6,9-14,18,22H,2-4,7-8,28H2,1H3,(H2,29,33)(H,30,34)/t22-/m1/s1. The number of carbonyl (C=O) groups is 3. The Labute approximate surface area is 212 Å². The van der Waals surface area contributed by atoms with Crippen LogP contribution >= 0.6 is 11.5 Å². The van der Waals surface area contributed by atoms with E-state index in [0.717, 1.165) is 49.2 Å². The number of anilines is 2. The minimum atomic E-state index is -1.12. The molecule has 5 N–H and O–H groups in total. The summed E-state index contributed by atoms with van der Waals surface area (Å²) in [5.41, 5.74) is 12.8. The number of nitrogen functional groups attached to an aromatic ring is 1. The van der Waals surface area contributed by atoms with Gasteiger partial charge in [0.05, 0.1) is 5.69 Å². The van der Waals surface area contributed by atoms with Crippen LogP contribution in [0, 0.1) is 12.7 Å². The number of amides is 3. The quantitative estimate of drug-likeness (QED) is 0.441. The third-order valence-corrected chi connectivity index (χ3v) is 7.15. The number of aryl methyl sites for hydroxylation is 1. The van der Waals surface area contributed by atoms with Crippen LogP contribution in [0.3, 0.4) is 0 Å². The van der Waals surface area contributed by atoms with Crippen molar-refractivity contribution < 1.29 is 18.8 Å². The van der Waals surface area contributed by atoms with Gasteiger partial charge >= 0.3 is 0 Å². The van der Waals surface area contributed by atoms with Crippen molar-refractivity contribution in [3.05, 3.63) is 76.0 Å². The molecule has 1 aliphatic carbocycles. The SMILES string of the molecule is Cc1cccc(N(C(=O)c2snc(C(N)=O)c2N)[C@@H](C(=O)NC2CCCCC2)c2ccc(F)cc2)c1. The molecule has 1 aromatic heterocycles. The number of halogens is 1. The van der Waals surface area contributed by atoms with Crippen molar-refractivity contribution in [2.45, 2.75) is 51.1 Å². The fourth-order valence-corrected chi connectivity index (χ4v) is 5.23. The Kier molecular flexibility index (Phi) is 7.64. The summed E-state index contributed by atoms with van der Waals surface area (Å²) in [7, 11) is 0. The first-order valence-corrected chi connectivity index (χ1v) is 12.5. The second-order valence-electron chi connectivity index (χ2n) is 8.95. The third kappa shape index (κ3) is 5.38. The van der Waals surface area contributed by atoms with Gasteiger partial charge in [-0.2, -0.15) is 4.37 Å². The van der Waals surface area contributed by atoms with Gasteiger partial charge in [-0.15, -0.1) is 0 Å². The maximum absolute atomic E-state index is 14.0. The summed E-state index contributed by atoms with van der Waals surface area (Å²) >= 11 is 0.743. The Balaban J connectivity index is 1.84. The molecule has 0 spiro atoms. The summed E-state index contributed by atoms with van der Waals surface area (Å²) in [6.45, 7) is 1.87. The van der Waals surface area contributed by atoms with E-state index in [1.165, 1.54) is 29.2 Å². The van der Waals surface area contributed by atoms with Crippen molar-refractivity contribution >= 4 is 40.6 Å². The average molecular weight is 510 g/mol. The molecule has 8 nitrogen and oxygen atoms in total. The monoisotopic (exact) mass is 509 g/mol. The Morgan fingerprint density at radius 2 is 1.81 bits per heavy atom. The van der Waals surface area contributed by atoms with Gasteiger partial charge < -0.3 is 16.8 Å². The number of aromatic nitrogens is 1. The summed E-state index contributed by atoms with van der Waals surface area (Å²) in [4.78, 5) is 40.9. The van der Waals surface area contributed by atoms with Crippen molar-refractivity contribution in [1.82, 2.24) is 9.69 Å². The molecule has 0 radical (unpaired) electrons. The van der Waals surface area contributed by atoms with Crippen LogP contribution in [0.1, 0.15) is 69.4 Å². The van der Waals surface area contributed by atoms with Crippen LogP contribution in [0.5, 0.6) is 0 Å². The normalized spacial score (nSPS) is 14.7. The topological polar surface area (TPSA) is 131 Å². The van der Waals surface area contributed by atoms with Gasteiger partial charge in [0.25, 0.3) is 11.8 Å². The lowest BCUT2D eigenvalue weighted by atomic mass is 9.94. The number of hydrogen-bond donors (Lipinski definition) is 3. The van der Waals surface area contributed by atoms with Crippen LogP contribution in [-0.2, 0) is 4.79 Å². The summed E-state index contributed by atoms with van der Waals surface area (Å²) in [6, 6.07) is 11.5. The van der Waals surface area contributed by atoms with Crippen LogP contribution in [0.2, 0.25) is 0 Å². The number of rotatable bonds is 7. The van der Waals surface area contributed by atoms with Gasteiger partial charge in [0, 0.05) is 11.7 Å². The number of nitrogens with zero attached hydrogens (tertiary/aromatic N) is 2. The molecule has 2 aromatic carbocycles. The minimum Gasteiger partial charge on any atom is -0.395 e. The largest absolute Gasteiger partial charge is 0.395 e. The molecule has 1 atom stereocenters. The second kappa shape index (κ2) is 10.9. The van der Waals surface area contributed by atoms with E-state index in [-0.39, 0.29) is 28.2 Å². The van der Waals surface area contributed by atoms with Crippen LogP contribution < -0.4 is 21.7 Å². The number of hydrogen-bond acceptors (Lipinski definition) is 6. The average Bonchev–Trinajstić information content (AvgIpc) is 3.25. The predicted molar refractivity (Wildman–Crippen MR) is 137 cm³/mol. The molecule has 1 fully saturated rings. The molecule has 1 aliphatic rings. The fraction of sp³-hybridized carbons (Fsp3) is 0.308. The van der Waals surface area contributed by atoms with E-state index in [0.29, 0.717) is 11.3 Å². The highest BCUT2D eigenvalue weighted by Crippen LogP contribution is 2.34. The lowest BCUT2D eigenvalue weighted by Crippen LogP contribution is -2.47. The summed E-state index contributed by atoms with van der Waals surface area (Å²) in [5.74, 6) is -2.32. The molecule has 0 aliphatic heterocycles. The van der Waals surface area contributed by atoms with Crippen molar-refractivity contribution in [2.24, 2.45) is 5.73 Å². The van der Waals surface area contributed by atoms with Gasteiger partial charge in [0.1, 0.15) is 16.7 Å². The molecule has 188 valence electrons. The molecule has 1 saturated carbocycles. The molecule has 3 amide bonds. The number of nitrogens with one attached hydrogen (secondary N) is 1. The van der Waals surface area contributed by atoms with E-state index in [4.69, 9.17) is 11.5 Å². The summed E-state index contributed by atoms with van der Waals surface area (Å²) < 4.78 is 17.8. The molecular weight excluding hydrogens is 481 g/mol. The highest BCUT2D eigenvalue weighted by atomic mass is 32.1. The third-order valence-electron chi connectivity index (χ3n) is 6.30. The van der Waals surface area contributed by atoms with E-state index in [1.54, 1.807) is 18.2 Å². The van der Waals surface area contributed by atoms with E-state index in [9.17, 15) is 18.8 Å². The van der Waals surface area contributed by atoms with Gasteiger partial charge in [-0.25, -0.2) is 4.39 Å². The lowest BCUT2D eigenvalue weighted by Gasteiger charge is -2.33. The molecule has 0 bridgehead atoms. The summed E-state index contributed by atoms with van der Waals surface area (Å²) in [6.07, 6.45) is 4.85. The molecule has 1 heterocycles. The predicted octanol–water partition coefficient (Wildman–Crippen LogP) is 4.11. The highest BCUT2D eigenvalue weighted by Gasteiger charge is 2.37. The molecule has 0 saturated heterocycles. The Morgan fingerprint density at radius 3 is 2.42 bits per heavy atom. The van der Waals surface area contributed by atoms with Crippen molar-refractivity contribution in [2.75, 3.05) is 10.6 Å². The molecular formula is C26H28FN5O3S. The number of benzene rings is 2. The molecule has 4 rings (SSSR count). The Morgan fingerprint density at radius 1 is 1.11 bits per heavy atom. The first-order valence-electron chi connectivity index (χ1n) is 11.8. The van der Waals surface area contributed by atoms with E-state index in [2.05, 4.69) is 9.69 Å². The molecule has 0 unspecified atom stereocenters. The Hall–Kier alpha value is -3.79. The zero-order valence-corrected chi connectivity index (χ0v) is 20.7. The lowest BCUT2D eigenvalue weighted by molar-refractivity contribution is -0.123. The van der Waals surface area contributed by atoms with Crippen molar-refractivity contribution in [3.8, 4) is 0 Å². The zero-order valence-electron chi connectivity index (χ0n) is 19.9. The fourth-order valence-electron chi connectivity index (χ4n) is 4.49. The van der Waals surface area contributed by atoms with Gasteiger partial charge in [0.15, 0.2) is 5.69 Å². The second-order valence-corrected chi connectivity index (χ2v) is 9.72. The number of carbonyl (C=O) groups excluding carboxylic acids is 3. The van der Waals surface area contributed by atoms with Gasteiger partial charge in [-0.05, 0) is 66.7 Å². The van der Waals surface area contributed by atoms with E-state index >= 15 is 0 Å². The van der Waals surface area contributed by atoms with Gasteiger partial charge in [-0.1, -0.05) is 43.5 Å².